The summed E-state index contributed by atoms with van der Waals surface area (Å²) in [6.07, 6.45) is 6.59. The number of carbonyl (C=O) groups is 1. The Balaban J connectivity index is 2.06. The number of nitrogens with zero attached hydrogens (tertiary/aromatic N) is 1. The lowest BCUT2D eigenvalue weighted by atomic mass is 10.0. The smallest absolute Gasteiger partial charge is 0.274 e. The van der Waals surface area contributed by atoms with Crippen molar-refractivity contribution in [3.05, 3.63) is 46.0 Å². The summed E-state index contributed by atoms with van der Waals surface area (Å²) in [6, 6.07) is 4.70. The van der Waals surface area contributed by atoms with Gasteiger partial charge in [-0.15, -0.1) is 0 Å². The van der Waals surface area contributed by atoms with Crippen LogP contribution >= 0.6 is 0 Å². The van der Waals surface area contributed by atoms with E-state index in [1.807, 2.05) is 0 Å². The first kappa shape index (κ1) is 13.3. The molecule has 1 aliphatic carbocycles. The Bertz CT molecular complexity index is 537. The van der Waals surface area contributed by atoms with E-state index in [0.717, 1.165) is 12.8 Å². The minimum atomic E-state index is -0.440. The minimum Gasteiger partial charge on any atom is -0.326 e. The summed E-state index contributed by atoms with van der Waals surface area (Å²) in [4.78, 5) is 22.3. The molecule has 0 bridgehead atoms. The van der Waals surface area contributed by atoms with Crippen molar-refractivity contribution in [2.24, 2.45) is 5.92 Å². The molecule has 5 heteroatoms. The molecule has 1 aromatic rings. The van der Waals surface area contributed by atoms with Crippen LogP contribution in [0.15, 0.2) is 30.4 Å². The molecule has 1 atom stereocenters. The fourth-order valence-electron chi connectivity index (χ4n) is 2.26. The first-order valence-corrected chi connectivity index (χ1v) is 6.28. The Kier molecular flexibility index (Phi) is 3.94. The van der Waals surface area contributed by atoms with E-state index in [-0.39, 0.29) is 11.6 Å². The molecule has 1 N–H and O–H groups in total. The molecule has 2 rings (SSSR count). The van der Waals surface area contributed by atoms with E-state index in [4.69, 9.17) is 0 Å². The maximum Gasteiger partial charge on any atom is 0.274 e. The molecule has 100 valence electrons. The average molecular weight is 260 g/mol. The van der Waals surface area contributed by atoms with Crippen LogP contribution in [-0.2, 0) is 4.79 Å². The van der Waals surface area contributed by atoms with Crippen molar-refractivity contribution in [3.63, 3.8) is 0 Å². The van der Waals surface area contributed by atoms with Gasteiger partial charge in [0.15, 0.2) is 0 Å². The van der Waals surface area contributed by atoms with E-state index >= 15 is 0 Å². The fourth-order valence-corrected chi connectivity index (χ4v) is 2.26. The lowest BCUT2D eigenvalue weighted by Gasteiger charge is -2.10. The highest BCUT2D eigenvalue weighted by atomic mass is 16.6. The van der Waals surface area contributed by atoms with Gasteiger partial charge in [-0.05, 0) is 31.7 Å². The van der Waals surface area contributed by atoms with Gasteiger partial charge in [0.1, 0.15) is 0 Å². The van der Waals surface area contributed by atoms with Crippen LogP contribution in [0.1, 0.15) is 24.8 Å². The van der Waals surface area contributed by atoms with Crippen molar-refractivity contribution < 1.29 is 9.72 Å². The van der Waals surface area contributed by atoms with Crippen molar-refractivity contribution in [1.82, 2.24) is 0 Å². The Hall–Kier alpha value is -2.17. The Morgan fingerprint density at radius 2 is 2.32 bits per heavy atom. The van der Waals surface area contributed by atoms with Crippen LogP contribution in [-0.4, -0.2) is 10.8 Å². The summed E-state index contributed by atoms with van der Waals surface area (Å²) < 4.78 is 0. The van der Waals surface area contributed by atoms with Crippen LogP contribution < -0.4 is 5.32 Å². The van der Waals surface area contributed by atoms with Crippen molar-refractivity contribution >= 4 is 17.3 Å². The van der Waals surface area contributed by atoms with Gasteiger partial charge in [-0.3, -0.25) is 14.9 Å². The van der Waals surface area contributed by atoms with Gasteiger partial charge >= 0.3 is 0 Å². The summed E-state index contributed by atoms with van der Waals surface area (Å²) in [5.74, 6) is 0.194. The van der Waals surface area contributed by atoms with Gasteiger partial charge in [0.05, 0.1) is 16.2 Å². The number of allylic oxidation sites excluding steroid dienone is 2. The molecule has 1 amide bonds. The third kappa shape index (κ3) is 3.19. The zero-order valence-electron chi connectivity index (χ0n) is 10.8. The van der Waals surface area contributed by atoms with Gasteiger partial charge in [0.25, 0.3) is 5.69 Å². The van der Waals surface area contributed by atoms with Gasteiger partial charge in [0.2, 0.25) is 5.91 Å². The van der Waals surface area contributed by atoms with E-state index in [9.17, 15) is 14.9 Å². The van der Waals surface area contributed by atoms with Crippen LogP contribution in [0, 0.1) is 23.0 Å². The predicted octanol–water partition coefficient (Wildman–Crippen LogP) is 3.20. The average Bonchev–Trinajstić information content (AvgIpc) is 2.84. The summed E-state index contributed by atoms with van der Waals surface area (Å²) in [5, 5.41) is 13.6. The zero-order chi connectivity index (χ0) is 13.8. The molecule has 19 heavy (non-hydrogen) atoms. The first-order valence-electron chi connectivity index (χ1n) is 6.28. The SMILES string of the molecule is Cc1c(NC(=O)C[C@H]2C=CCC2)cccc1[N+](=O)[O-]. The third-order valence-electron chi connectivity index (χ3n) is 3.34. The number of carbonyl (C=O) groups excluding carboxylic acids is 1. The van der Waals surface area contributed by atoms with Crippen molar-refractivity contribution in [1.29, 1.82) is 0 Å². The highest BCUT2D eigenvalue weighted by Crippen LogP contribution is 2.26. The Labute approximate surface area is 111 Å². The van der Waals surface area contributed by atoms with Crippen LogP contribution in [0.4, 0.5) is 11.4 Å². The van der Waals surface area contributed by atoms with Gasteiger partial charge in [-0.2, -0.15) is 0 Å². The molecule has 0 saturated heterocycles. The standard InChI is InChI=1S/C14H16N2O3/c1-10-12(7-4-8-13(10)16(18)19)15-14(17)9-11-5-2-3-6-11/h2,4-5,7-8,11H,3,6,9H2,1H3,(H,15,17)/t11-/m0/s1. The number of nitro groups is 1. The van der Waals surface area contributed by atoms with Crippen LogP contribution in [0.5, 0.6) is 0 Å². The normalized spacial score (nSPS) is 17.4. The number of nitro benzene ring substituents is 1. The molecule has 0 radical (unpaired) electrons. The first-order chi connectivity index (χ1) is 9.08. The molecule has 0 unspecified atom stereocenters. The number of benzene rings is 1. The van der Waals surface area contributed by atoms with Gasteiger partial charge < -0.3 is 5.32 Å². The van der Waals surface area contributed by atoms with Crippen LogP contribution in [0.25, 0.3) is 0 Å². The molecular weight excluding hydrogens is 244 g/mol. The maximum atomic E-state index is 11.9. The number of anilines is 1. The van der Waals surface area contributed by atoms with E-state index in [2.05, 4.69) is 17.5 Å². The number of hydrogen-bond donors (Lipinski definition) is 1. The second kappa shape index (κ2) is 5.65. The molecule has 0 fully saturated rings. The lowest BCUT2D eigenvalue weighted by Crippen LogP contribution is -2.15. The van der Waals surface area contributed by atoms with Crippen LogP contribution in [0.2, 0.25) is 0 Å². The molecule has 1 aromatic carbocycles. The zero-order valence-corrected chi connectivity index (χ0v) is 10.8. The molecule has 0 heterocycles. The summed E-state index contributed by atoms with van der Waals surface area (Å²) in [5.41, 5.74) is 1.03. The molecule has 0 spiro atoms. The number of hydrogen-bond acceptors (Lipinski definition) is 3. The number of nitrogens with one attached hydrogen (secondary N) is 1. The van der Waals surface area contributed by atoms with Gasteiger partial charge in [0, 0.05) is 12.5 Å². The van der Waals surface area contributed by atoms with E-state index < -0.39 is 4.92 Å². The van der Waals surface area contributed by atoms with E-state index in [1.165, 1.54) is 6.07 Å². The Morgan fingerprint density at radius 1 is 1.53 bits per heavy atom. The third-order valence-corrected chi connectivity index (χ3v) is 3.34. The number of rotatable bonds is 4. The molecule has 5 nitrogen and oxygen atoms in total. The predicted molar refractivity (Wildman–Crippen MR) is 72.9 cm³/mol. The molecule has 1 aliphatic rings. The van der Waals surface area contributed by atoms with Gasteiger partial charge in [-0.1, -0.05) is 18.2 Å². The Morgan fingerprint density at radius 3 is 2.95 bits per heavy atom. The second-order valence-electron chi connectivity index (χ2n) is 4.72. The summed E-state index contributed by atoms with van der Waals surface area (Å²) >= 11 is 0. The quantitative estimate of drug-likeness (QED) is 0.513. The topological polar surface area (TPSA) is 72.2 Å². The van der Waals surface area contributed by atoms with E-state index in [0.29, 0.717) is 23.6 Å². The van der Waals surface area contributed by atoms with Crippen molar-refractivity contribution in [3.8, 4) is 0 Å². The van der Waals surface area contributed by atoms with Crippen molar-refractivity contribution in [2.45, 2.75) is 26.2 Å². The van der Waals surface area contributed by atoms with Gasteiger partial charge in [-0.25, -0.2) is 0 Å². The molecule has 0 aromatic heterocycles. The summed E-state index contributed by atoms with van der Waals surface area (Å²) in [7, 11) is 0. The highest BCUT2D eigenvalue weighted by molar-refractivity contribution is 5.92. The minimum absolute atomic E-state index is 0.0264. The fraction of sp³-hybridized carbons (Fsp3) is 0.357. The monoisotopic (exact) mass is 260 g/mol. The molecule has 0 aliphatic heterocycles. The lowest BCUT2D eigenvalue weighted by molar-refractivity contribution is -0.385. The largest absolute Gasteiger partial charge is 0.326 e. The molecular formula is C14H16N2O3. The van der Waals surface area contributed by atoms with Crippen LogP contribution in [0.3, 0.4) is 0 Å². The van der Waals surface area contributed by atoms with E-state index in [1.54, 1.807) is 19.1 Å². The number of amides is 1. The second-order valence-corrected chi connectivity index (χ2v) is 4.72. The highest BCUT2D eigenvalue weighted by Gasteiger charge is 2.17. The molecule has 0 saturated carbocycles. The summed E-state index contributed by atoms with van der Waals surface area (Å²) in [6.45, 7) is 1.64. The maximum absolute atomic E-state index is 11.9. The van der Waals surface area contributed by atoms with Crippen molar-refractivity contribution in [2.75, 3.05) is 5.32 Å².